The molecule has 0 bridgehead atoms. The van der Waals surface area contributed by atoms with E-state index in [1.807, 2.05) is 24.3 Å². The molecule has 1 aliphatic rings. The van der Waals surface area contributed by atoms with Gasteiger partial charge in [0, 0.05) is 32.7 Å². The van der Waals surface area contributed by atoms with Crippen molar-refractivity contribution in [2.45, 2.75) is 19.3 Å². The quantitative estimate of drug-likeness (QED) is 0.651. The van der Waals surface area contributed by atoms with Crippen LogP contribution in [0.1, 0.15) is 17.7 Å². The maximum Gasteiger partial charge on any atom is 0.227 e. The zero-order valence-electron chi connectivity index (χ0n) is 12.9. The first-order valence-electron chi connectivity index (χ1n) is 7.95. The van der Waals surface area contributed by atoms with Gasteiger partial charge < -0.3 is 10.3 Å². The van der Waals surface area contributed by atoms with Crippen LogP contribution in [0.25, 0.3) is 10.9 Å². The third-order valence-electron chi connectivity index (χ3n) is 4.61. The van der Waals surface area contributed by atoms with Crippen LogP contribution < -0.4 is 5.32 Å². The highest BCUT2D eigenvalue weighted by Gasteiger charge is 2.27. The molecule has 4 rings (SSSR count). The molecule has 2 N–H and O–H groups in total. The Bertz CT molecular complexity index is 934. The number of fused-ring (bicyclic) bond motifs is 3. The van der Waals surface area contributed by atoms with Gasteiger partial charge in [-0.15, -0.1) is 0 Å². The van der Waals surface area contributed by atoms with Gasteiger partial charge in [0.25, 0.3) is 0 Å². The van der Waals surface area contributed by atoms with Crippen molar-refractivity contribution in [2.75, 3.05) is 5.32 Å². The third-order valence-corrected chi connectivity index (χ3v) is 5.11. The Hall–Kier alpha value is -2.14. The SMILES string of the molecule is O=C(Nc1cccc(Br)c1)C1CCc2[nH]c3ccc(F)cc3c2C1. The fourth-order valence-electron chi connectivity index (χ4n) is 3.42. The van der Waals surface area contributed by atoms with Crippen LogP contribution in [0.2, 0.25) is 0 Å². The molecule has 1 amide bonds. The average Bonchev–Trinajstić information content (AvgIpc) is 2.92. The van der Waals surface area contributed by atoms with Gasteiger partial charge >= 0.3 is 0 Å². The monoisotopic (exact) mass is 386 g/mol. The lowest BCUT2D eigenvalue weighted by molar-refractivity contribution is -0.120. The lowest BCUT2D eigenvalue weighted by atomic mass is 9.85. The van der Waals surface area contributed by atoms with E-state index in [0.29, 0.717) is 6.42 Å². The van der Waals surface area contributed by atoms with E-state index in [2.05, 4.69) is 26.2 Å². The maximum atomic E-state index is 13.6. The molecule has 1 aliphatic carbocycles. The first-order chi connectivity index (χ1) is 11.6. The molecule has 0 spiro atoms. The summed E-state index contributed by atoms with van der Waals surface area (Å²) in [6.07, 6.45) is 2.24. The van der Waals surface area contributed by atoms with Crippen molar-refractivity contribution >= 4 is 38.4 Å². The summed E-state index contributed by atoms with van der Waals surface area (Å²) in [5.41, 5.74) is 3.92. The summed E-state index contributed by atoms with van der Waals surface area (Å²) < 4.78 is 14.5. The van der Waals surface area contributed by atoms with E-state index in [0.717, 1.165) is 45.2 Å². The van der Waals surface area contributed by atoms with Crippen molar-refractivity contribution < 1.29 is 9.18 Å². The minimum absolute atomic E-state index is 0.0181. The van der Waals surface area contributed by atoms with Gasteiger partial charge in [-0.2, -0.15) is 0 Å². The lowest BCUT2D eigenvalue weighted by Crippen LogP contribution is -2.28. The second-order valence-corrected chi connectivity index (χ2v) is 7.13. The zero-order valence-corrected chi connectivity index (χ0v) is 14.5. The summed E-state index contributed by atoms with van der Waals surface area (Å²) >= 11 is 3.41. The largest absolute Gasteiger partial charge is 0.358 e. The molecule has 5 heteroatoms. The molecule has 1 atom stereocenters. The fraction of sp³-hybridized carbons (Fsp3) is 0.211. The van der Waals surface area contributed by atoms with Gasteiger partial charge in [-0.05, 0) is 61.2 Å². The average molecular weight is 387 g/mol. The molecule has 0 aliphatic heterocycles. The normalized spacial score (nSPS) is 16.8. The lowest BCUT2D eigenvalue weighted by Gasteiger charge is -2.22. The molecule has 2 aromatic carbocycles. The van der Waals surface area contributed by atoms with Crippen molar-refractivity contribution in [1.82, 2.24) is 4.98 Å². The highest BCUT2D eigenvalue weighted by molar-refractivity contribution is 9.10. The Balaban J connectivity index is 1.58. The van der Waals surface area contributed by atoms with Crippen molar-refractivity contribution in [1.29, 1.82) is 0 Å². The molecule has 1 unspecified atom stereocenters. The van der Waals surface area contributed by atoms with Crippen LogP contribution in [0.15, 0.2) is 46.9 Å². The Morgan fingerprint density at radius 1 is 1.25 bits per heavy atom. The Morgan fingerprint density at radius 2 is 2.12 bits per heavy atom. The van der Waals surface area contributed by atoms with Gasteiger partial charge in [-0.3, -0.25) is 4.79 Å². The molecular formula is C19H16BrFN2O. The number of carbonyl (C=O) groups is 1. The summed E-state index contributed by atoms with van der Waals surface area (Å²) in [5, 5.41) is 3.88. The highest BCUT2D eigenvalue weighted by Crippen LogP contribution is 2.32. The van der Waals surface area contributed by atoms with Gasteiger partial charge in [-0.25, -0.2) is 4.39 Å². The number of rotatable bonds is 2. The van der Waals surface area contributed by atoms with E-state index < -0.39 is 0 Å². The van der Waals surface area contributed by atoms with E-state index in [1.54, 1.807) is 12.1 Å². The second kappa shape index (κ2) is 6.06. The van der Waals surface area contributed by atoms with Crippen LogP contribution in [0.5, 0.6) is 0 Å². The van der Waals surface area contributed by atoms with Crippen LogP contribution >= 0.6 is 15.9 Å². The predicted molar refractivity (Wildman–Crippen MR) is 96.5 cm³/mol. The van der Waals surface area contributed by atoms with Crippen LogP contribution in [0, 0.1) is 11.7 Å². The Labute approximate surface area is 147 Å². The van der Waals surface area contributed by atoms with Crippen LogP contribution in [-0.4, -0.2) is 10.9 Å². The first-order valence-corrected chi connectivity index (χ1v) is 8.75. The van der Waals surface area contributed by atoms with E-state index >= 15 is 0 Å². The number of H-pyrrole nitrogens is 1. The Morgan fingerprint density at radius 3 is 2.96 bits per heavy atom. The fourth-order valence-corrected chi connectivity index (χ4v) is 3.82. The highest BCUT2D eigenvalue weighted by atomic mass is 79.9. The Kier molecular flexibility index (Phi) is 3.88. The number of hydrogen-bond donors (Lipinski definition) is 2. The summed E-state index contributed by atoms with van der Waals surface area (Å²) in [5.74, 6) is -0.326. The van der Waals surface area contributed by atoms with Crippen molar-refractivity contribution in [3.05, 3.63) is 64.0 Å². The number of aromatic amines is 1. The van der Waals surface area contributed by atoms with Crippen molar-refractivity contribution in [3.8, 4) is 0 Å². The predicted octanol–water partition coefficient (Wildman–Crippen LogP) is 4.81. The molecular weight excluding hydrogens is 371 g/mol. The second-order valence-electron chi connectivity index (χ2n) is 6.21. The molecule has 1 heterocycles. The van der Waals surface area contributed by atoms with Crippen LogP contribution in [0.3, 0.4) is 0 Å². The molecule has 3 aromatic rings. The number of nitrogens with one attached hydrogen (secondary N) is 2. The van der Waals surface area contributed by atoms with Gasteiger partial charge in [0.05, 0.1) is 0 Å². The summed E-state index contributed by atoms with van der Waals surface area (Å²) in [6.45, 7) is 0. The van der Waals surface area contributed by atoms with Crippen molar-refractivity contribution in [3.63, 3.8) is 0 Å². The van der Waals surface area contributed by atoms with Crippen LogP contribution in [-0.2, 0) is 17.6 Å². The number of anilines is 1. The summed E-state index contributed by atoms with van der Waals surface area (Å²) in [6, 6.07) is 12.3. The molecule has 24 heavy (non-hydrogen) atoms. The number of hydrogen-bond acceptors (Lipinski definition) is 1. The van der Waals surface area contributed by atoms with Gasteiger partial charge in [0.15, 0.2) is 0 Å². The molecule has 0 saturated heterocycles. The molecule has 1 aromatic heterocycles. The number of halogens is 2. The summed E-state index contributed by atoms with van der Waals surface area (Å²) in [7, 11) is 0. The van der Waals surface area contributed by atoms with E-state index in [-0.39, 0.29) is 17.6 Å². The first kappa shape index (κ1) is 15.4. The molecule has 0 fully saturated rings. The van der Waals surface area contributed by atoms with E-state index in [9.17, 15) is 9.18 Å². The topological polar surface area (TPSA) is 44.9 Å². The summed E-state index contributed by atoms with van der Waals surface area (Å²) in [4.78, 5) is 16.0. The molecule has 3 nitrogen and oxygen atoms in total. The van der Waals surface area contributed by atoms with Crippen LogP contribution in [0.4, 0.5) is 10.1 Å². The molecule has 0 radical (unpaired) electrons. The number of aromatic nitrogens is 1. The number of amides is 1. The van der Waals surface area contributed by atoms with Crippen molar-refractivity contribution in [2.24, 2.45) is 5.92 Å². The van der Waals surface area contributed by atoms with E-state index in [1.165, 1.54) is 6.07 Å². The minimum Gasteiger partial charge on any atom is -0.358 e. The smallest absolute Gasteiger partial charge is 0.227 e. The van der Waals surface area contributed by atoms with E-state index in [4.69, 9.17) is 0 Å². The van der Waals surface area contributed by atoms with Gasteiger partial charge in [-0.1, -0.05) is 22.0 Å². The third kappa shape index (κ3) is 2.84. The molecule has 0 saturated carbocycles. The zero-order chi connectivity index (χ0) is 16.7. The minimum atomic E-state index is -0.245. The van der Waals surface area contributed by atoms with Gasteiger partial charge in [0.1, 0.15) is 5.82 Å². The molecule has 122 valence electrons. The van der Waals surface area contributed by atoms with Gasteiger partial charge in [0.2, 0.25) is 5.91 Å². The number of benzene rings is 2. The number of aryl methyl sites for hydroxylation is 1. The standard InChI is InChI=1S/C19H16BrFN2O/c20-12-2-1-3-14(9-12)22-19(24)11-4-6-17-15(8-11)16-10-13(21)5-7-18(16)23-17/h1-3,5,7,9-11,23H,4,6,8H2,(H,22,24). The maximum absolute atomic E-state index is 13.6. The number of carbonyl (C=O) groups excluding carboxylic acids is 1.